The second kappa shape index (κ2) is 5.41. The van der Waals surface area contributed by atoms with Gasteiger partial charge in [0.05, 0.1) is 14.2 Å². The second-order valence-corrected chi connectivity index (χ2v) is 3.34. The summed E-state index contributed by atoms with van der Waals surface area (Å²) in [4.78, 5) is 0. The van der Waals surface area contributed by atoms with Crippen LogP contribution in [0.15, 0.2) is 23.8 Å². The number of ether oxygens (including phenoxy) is 2. The summed E-state index contributed by atoms with van der Waals surface area (Å²) in [5, 5.41) is 0. The quantitative estimate of drug-likeness (QED) is 0.822. The second-order valence-electron chi connectivity index (χ2n) is 3.34. The van der Waals surface area contributed by atoms with Gasteiger partial charge in [0.25, 0.3) is 0 Å². The molecule has 0 spiro atoms. The van der Waals surface area contributed by atoms with Crippen LogP contribution in [-0.2, 0) is 0 Å². The average Bonchev–Trinajstić information content (AvgIpc) is 2.28. The van der Waals surface area contributed by atoms with E-state index in [1.54, 1.807) is 14.2 Å². The first-order valence-corrected chi connectivity index (χ1v) is 4.80. The van der Waals surface area contributed by atoms with Gasteiger partial charge in [-0.15, -0.1) is 0 Å². The minimum Gasteiger partial charge on any atom is -0.497 e. The van der Waals surface area contributed by atoms with Crippen LogP contribution in [0.1, 0.15) is 12.5 Å². The van der Waals surface area contributed by atoms with Gasteiger partial charge >= 0.3 is 0 Å². The summed E-state index contributed by atoms with van der Waals surface area (Å²) in [5.74, 6) is 1.57. The van der Waals surface area contributed by atoms with E-state index in [0.29, 0.717) is 6.54 Å². The van der Waals surface area contributed by atoms with E-state index >= 15 is 0 Å². The predicted octanol–water partition coefficient (Wildman–Crippen LogP) is 2.07. The molecule has 0 fully saturated rings. The van der Waals surface area contributed by atoms with Crippen LogP contribution in [0.25, 0.3) is 6.08 Å². The van der Waals surface area contributed by atoms with E-state index < -0.39 is 0 Å². The molecule has 1 aromatic carbocycles. The lowest BCUT2D eigenvalue weighted by molar-refractivity contribution is 0.394. The van der Waals surface area contributed by atoms with E-state index in [9.17, 15) is 0 Å². The van der Waals surface area contributed by atoms with Crippen LogP contribution < -0.4 is 15.2 Å². The van der Waals surface area contributed by atoms with Gasteiger partial charge in [0.15, 0.2) is 0 Å². The smallest absolute Gasteiger partial charge is 0.123 e. The molecule has 0 aliphatic heterocycles. The van der Waals surface area contributed by atoms with E-state index in [1.165, 1.54) is 0 Å². The summed E-state index contributed by atoms with van der Waals surface area (Å²) in [7, 11) is 3.27. The van der Waals surface area contributed by atoms with E-state index in [1.807, 2.05) is 31.2 Å². The zero-order chi connectivity index (χ0) is 11.3. The number of benzene rings is 1. The highest BCUT2D eigenvalue weighted by atomic mass is 16.5. The molecule has 1 aromatic rings. The summed E-state index contributed by atoms with van der Waals surface area (Å²) in [6.45, 7) is 2.55. The van der Waals surface area contributed by atoms with Gasteiger partial charge in [-0.05, 0) is 24.6 Å². The fourth-order valence-corrected chi connectivity index (χ4v) is 1.26. The van der Waals surface area contributed by atoms with E-state index in [2.05, 4.69) is 0 Å². The maximum absolute atomic E-state index is 5.53. The molecule has 0 aromatic heterocycles. The van der Waals surface area contributed by atoms with Crippen molar-refractivity contribution in [3.05, 3.63) is 29.3 Å². The molecule has 0 unspecified atom stereocenters. The first kappa shape index (κ1) is 11.6. The molecule has 0 saturated carbocycles. The first-order chi connectivity index (χ1) is 7.19. The minimum atomic E-state index is 0.555. The normalized spacial score (nSPS) is 11.3. The largest absolute Gasteiger partial charge is 0.497 e. The van der Waals surface area contributed by atoms with Gasteiger partial charge in [0, 0.05) is 12.6 Å². The number of nitrogens with two attached hydrogens (primary N) is 1. The van der Waals surface area contributed by atoms with Gasteiger partial charge < -0.3 is 15.2 Å². The Labute approximate surface area is 90.5 Å². The van der Waals surface area contributed by atoms with Gasteiger partial charge in [-0.2, -0.15) is 0 Å². The maximum atomic E-state index is 5.53. The van der Waals surface area contributed by atoms with Crippen LogP contribution in [0.4, 0.5) is 0 Å². The number of rotatable bonds is 4. The molecule has 0 saturated heterocycles. The third-order valence-corrected chi connectivity index (χ3v) is 2.11. The molecule has 0 heterocycles. The van der Waals surface area contributed by atoms with Crippen molar-refractivity contribution in [1.82, 2.24) is 0 Å². The monoisotopic (exact) mass is 207 g/mol. The molecule has 0 radical (unpaired) electrons. The third-order valence-electron chi connectivity index (χ3n) is 2.11. The summed E-state index contributed by atoms with van der Waals surface area (Å²) in [6, 6.07) is 5.73. The van der Waals surface area contributed by atoms with Crippen molar-refractivity contribution in [2.24, 2.45) is 5.73 Å². The highest BCUT2D eigenvalue weighted by Crippen LogP contribution is 2.23. The molecule has 2 N–H and O–H groups in total. The van der Waals surface area contributed by atoms with Crippen molar-refractivity contribution >= 4 is 6.08 Å². The van der Waals surface area contributed by atoms with Gasteiger partial charge in [0.1, 0.15) is 11.5 Å². The molecular weight excluding hydrogens is 190 g/mol. The van der Waals surface area contributed by atoms with Crippen LogP contribution in [-0.4, -0.2) is 20.8 Å². The van der Waals surface area contributed by atoms with Crippen LogP contribution in [0.2, 0.25) is 0 Å². The Balaban J connectivity index is 3.07. The standard InChI is InChI=1S/C12H17NO2/c1-9(8-13)4-10-5-11(14-2)7-12(6-10)15-3/h4-7H,8,13H2,1-3H3. The van der Waals surface area contributed by atoms with Crippen LogP contribution in [0.3, 0.4) is 0 Å². The average molecular weight is 207 g/mol. The zero-order valence-electron chi connectivity index (χ0n) is 9.41. The maximum Gasteiger partial charge on any atom is 0.123 e. The lowest BCUT2D eigenvalue weighted by Crippen LogP contribution is -1.99. The molecule has 3 heteroatoms. The lowest BCUT2D eigenvalue weighted by Gasteiger charge is -2.06. The number of hydrogen-bond donors (Lipinski definition) is 1. The van der Waals surface area contributed by atoms with E-state index in [-0.39, 0.29) is 0 Å². The molecule has 15 heavy (non-hydrogen) atoms. The molecule has 0 bridgehead atoms. The minimum absolute atomic E-state index is 0.555. The molecular formula is C12H17NO2. The van der Waals surface area contributed by atoms with Crippen molar-refractivity contribution < 1.29 is 9.47 Å². The van der Waals surface area contributed by atoms with Crippen molar-refractivity contribution in [3.8, 4) is 11.5 Å². The Hall–Kier alpha value is -1.48. The van der Waals surface area contributed by atoms with Gasteiger partial charge in [0.2, 0.25) is 0 Å². The van der Waals surface area contributed by atoms with E-state index in [4.69, 9.17) is 15.2 Å². The van der Waals surface area contributed by atoms with Gasteiger partial charge in [-0.3, -0.25) is 0 Å². The molecule has 82 valence electrons. The predicted molar refractivity (Wildman–Crippen MR) is 62.3 cm³/mol. The van der Waals surface area contributed by atoms with Crippen molar-refractivity contribution in [2.75, 3.05) is 20.8 Å². The fraction of sp³-hybridized carbons (Fsp3) is 0.333. The zero-order valence-corrected chi connectivity index (χ0v) is 9.41. The van der Waals surface area contributed by atoms with Crippen molar-refractivity contribution in [3.63, 3.8) is 0 Å². The van der Waals surface area contributed by atoms with Crippen LogP contribution in [0, 0.1) is 0 Å². The molecule has 0 amide bonds. The third kappa shape index (κ3) is 3.29. The molecule has 0 atom stereocenters. The summed E-state index contributed by atoms with van der Waals surface area (Å²) in [6.07, 6.45) is 2.02. The van der Waals surface area contributed by atoms with E-state index in [0.717, 1.165) is 22.6 Å². The fourth-order valence-electron chi connectivity index (χ4n) is 1.26. The Morgan fingerprint density at radius 1 is 1.20 bits per heavy atom. The highest BCUT2D eigenvalue weighted by molar-refractivity contribution is 5.57. The van der Waals surface area contributed by atoms with Crippen molar-refractivity contribution in [1.29, 1.82) is 0 Å². The molecule has 0 aliphatic rings. The Kier molecular flexibility index (Phi) is 4.18. The first-order valence-electron chi connectivity index (χ1n) is 4.80. The van der Waals surface area contributed by atoms with Gasteiger partial charge in [-0.25, -0.2) is 0 Å². The number of methoxy groups -OCH3 is 2. The summed E-state index contributed by atoms with van der Waals surface area (Å²) in [5.41, 5.74) is 7.68. The number of hydrogen-bond acceptors (Lipinski definition) is 3. The molecule has 0 aliphatic carbocycles. The van der Waals surface area contributed by atoms with Crippen molar-refractivity contribution in [2.45, 2.75) is 6.92 Å². The Morgan fingerprint density at radius 3 is 2.13 bits per heavy atom. The lowest BCUT2D eigenvalue weighted by atomic mass is 10.1. The van der Waals surface area contributed by atoms with Crippen LogP contribution in [0.5, 0.6) is 11.5 Å². The Bertz CT molecular complexity index is 336. The highest BCUT2D eigenvalue weighted by Gasteiger charge is 1.99. The molecule has 1 rings (SSSR count). The summed E-state index contributed by atoms with van der Waals surface area (Å²) < 4.78 is 10.3. The SMILES string of the molecule is COc1cc(C=C(C)CN)cc(OC)c1. The van der Waals surface area contributed by atoms with Gasteiger partial charge in [-0.1, -0.05) is 11.6 Å². The molecule has 3 nitrogen and oxygen atoms in total. The topological polar surface area (TPSA) is 44.5 Å². The Morgan fingerprint density at radius 2 is 1.73 bits per heavy atom. The van der Waals surface area contributed by atoms with Crippen LogP contribution >= 0.6 is 0 Å². The summed E-state index contributed by atoms with van der Waals surface area (Å²) >= 11 is 0.